The van der Waals surface area contributed by atoms with Gasteiger partial charge in [0.25, 0.3) is 0 Å². The number of fused-ring (bicyclic) bond motifs is 7. The molecule has 1 heterocycles. The lowest BCUT2D eigenvalue weighted by Gasteiger charge is -2.25. The Hall–Kier alpha value is -6.96. The molecule has 276 valence electrons. The SMILES string of the molecule is CC1(C)c2ccccc2-c2ccc(C(Cc3ccc(-c4ccc5c(c4)c4ccccc4n5-c4ccccc4)c4ccccc34)c3cccc(-c4ccccc4)c3)cc21. The van der Waals surface area contributed by atoms with Crippen molar-refractivity contribution < 1.29 is 0 Å². The standard InChI is InChI=1S/C57H43N/c1-57(2)53-26-13-11-24-48(53)49-32-29-43(37-54(49)57)51(40-19-15-18-39(34-40)38-16-5-3-6-17-38)35-41-28-31-46(47-23-10-9-22-45(41)47)42-30-33-56-52(36-42)50-25-12-14-27-55(50)58(56)44-20-7-4-8-21-44/h3-34,36-37,51H,35H2,1-2H3. The van der Waals surface area contributed by atoms with Crippen LogP contribution >= 0.6 is 0 Å². The molecule has 0 bridgehead atoms. The smallest absolute Gasteiger partial charge is 0.0541 e. The maximum Gasteiger partial charge on any atom is 0.0541 e. The predicted octanol–water partition coefficient (Wildman–Crippen LogP) is 15.0. The van der Waals surface area contributed by atoms with E-state index in [1.807, 2.05) is 0 Å². The quantitative estimate of drug-likeness (QED) is 0.153. The van der Waals surface area contributed by atoms with E-state index in [9.17, 15) is 0 Å². The van der Waals surface area contributed by atoms with E-state index >= 15 is 0 Å². The first kappa shape index (κ1) is 34.3. The third kappa shape index (κ3) is 5.53. The summed E-state index contributed by atoms with van der Waals surface area (Å²) < 4.78 is 2.39. The van der Waals surface area contributed by atoms with Gasteiger partial charge in [-0.25, -0.2) is 0 Å². The molecule has 10 aromatic rings. The van der Waals surface area contributed by atoms with E-state index in [2.05, 4.69) is 225 Å². The fourth-order valence-corrected chi connectivity index (χ4v) is 9.94. The van der Waals surface area contributed by atoms with Gasteiger partial charge in [0.15, 0.2) is 0 Å². The molecule has 0 fully saturated rings. The van der Waals surface area contributed by atoms with Crippen LogP contribution in [0.3, 0.4) is 0 Å². The molecule has 1 aliphatic rings. The Morgan fingerprint density at radius 3 is 1.88 bits per heavy atom. The minimum Gasteiger partial charge on any atom is -0.309 e. The number of aromatic nitrogens is 1. The minimum atomic E-state index is -0.0682. The van der Waals surface area contributed by atoms with Crippen molar-refractivity contribution in [2.75, 3.05) is 0 Å². The highest BCUT2D eigenvalue weighted by Crippen LogP contribution is 2.50. The lowest BCUT2D eigenvalue weighted by atomic mass is 9.78. The molecule has 1 nitrogen and oxygen atoms in total. The third-order valence-electron chi connectivity index (χ3n) is 12.8. The second kappa shape index (κ2) is 13.6. The zero-order valence-corrected chi connectivity index (χ0v) is 32.9. The predicted molar refractivity (Wildman–Crippen MR) is 245 cm³/mol. The molecule has 0 saturated heterocycles. The van der Waals surface area contributed by atoms with Gasteiger partial charge in [-0.3, -0.25) is 0 Å². The normalized spacial score (nSPS) is 13.5. The van der Waals surface area contributed by atoms with Crippen LogP contribution in [0.15, 0.2) is 206 Å². The van der Waals surface area contributed by atoms with Crippen LogP contribution in [0.2, 0.25) is 0 Å². The van der Waals surface area contributed by atoms with E-state index < -0.39 is 0 Å². The van der Waals surface area contributed by atoms with E-state index in [4.69, 9.17) is 0 Å². The average Bonchev–Trinajstić information content (AvgIpc) is 3.73. The molecule has 1 heteroatoms. The highest BCUT2D eigenvalue weighted by atomic mass is 15.0. The van der Waals surface area contributed by atoms with Crippen molar-refractivity contribution in [3.63, 3.8) is 0 Å². The molecule has 1 aromatic heterocycles. The second-order valence-electron chi connectivity index (χ2n) is 16.5. The van der Waals surface area contributed by atoms with Crippen LogP contribution in [0.5, 0.6) is 0 Å². The Labute approximate surface area is 340 Å². The molecule has 9 aromatic carbocycles. The van der Waals surface area contributed by atoms with Crippen molar-refractivity contribution in [2.45, 2.75) is 31.6 Å². The maximum atomic E-state index is 2.52. The molecule has 1 aliphatic carbocycles. The van der Waals surface area contributed by atoms with E-state index in [-0.39, 0.29) is 11.3 Å². The van der Waals surface area contributed by atoms with Crippen molar-refractivity contribution in [1.82, 2.24) is 4.57 Å². The number of nitrogens with zero attached hydrogens (tertiary/aromatic N) is 1. The summed E-state index contributed by atoms with van der Waals surface area (Å²) in [6.07, 6.45) is 0.884. The van der Waals surface area contributed by atoms with E-state index in [1.165, 1.54) is 99.5 Å². The van der Waals surface area contributed by atoms with Gasteiger partial charge in [-0.1, -0.05) is 190 Å². The first-order valence-corrected chi connectivity index (χ1v) is 20.5. The van der Waals surface area contributed by atoms with E-state index in [0.29, 0.717) is 0 Å². The van der Waals surface area contributed by atoms with Crippen molar-refractivity contribution in [3.8, 4) is 39.1 Å². The second-order valence-corrected chi connectivity index (χ2v) is 16.5. The van der Waals surface area contributed by atoms with Gasteiger partial charge in [-0.2, -0.15) is 0 Å². The molecule has 11 rings (SSSR count). The number of hydrogen-bond donors (Lipinski definition) is 0. The molecule has 0 radical (unpaired) electrons. The Bertz CT molecular complexity index is 3170. The first-order chi connectivity index (χ1) is 28.5. The summed E-state index contributed by atoms with van der Waals surface area (Å²) in [4.78, 5) is 0. The molecule has 0 aliphatic heterocycles. The summed E-state index contributed by atoms with van der Waals surface area (Å²) in [5, 5.41) is 5.13. The number of hydrogen-bond acceptors (Lipinski definition) is 0. The van der Waals surface area contributed by atoms with Gasteiger partial charge < -0.3 is 4.57 Å². The third-order valence-corrected chi connectivity index (χ3v) is 12.8. The van der Waals surface area contributed by atoms with Gasteiger partial charge in [0.1, 0.15) is 0 Å². The number of para-hydroxylation sites is 2. The largest absolute Gasteiger partial charge is 0.309 e. The Morgan fingerprint density at radius 1 is 0.397 bits per heavy atom. The Kier molecular flexibility index (Phi) is 8.05. The number of rotatable bonds is 7. The Balaban J connectivity index is 1.05. The van der Waals surface area contributed by atoms with Crippen LogP contribution in [-0.2, 0) is 11.8 Å². The molecule has 58 heavy (non-hydrogen) atoms. The van der Waals surface area contributed by atoms with Crippen molar-refractivity contribution in [3.05, 3.63) is 234 Å². The fraction of sp³-hybridized carbons (Fsp3) is 0.0877. The number of benzene rings is 9. The topological polar surface area (TPSA) is 4.93 Å². The van der Waals surface area contributed by atoms with Gasteiger partial charge >= 0.3 is 0 Å². The van der Waals surface area contributed by atoms with Crippen LogP contribution in [-0.4, -0.2) is 4.57 Å². The average molecular weight is 742 g/mol. The highest BCUT2D eigenvalue weighted by molar-refractivity contribution is 6.11. The van der Waals surface area contributed by atoms with Crippen LogP contribution in [0, 0.1) is 0 Å². The lowest BCUT2D eigenvalue weighted by molar-refractivity contribution is 0.657. The summed E-state index contributed by atoms with van der Waals surface area (Å²) >= 11 is 0. The van der Waals surface area contributed by atoms with Gasteiger partial charge in [0.2, 0.25) is 0 Å². The minimum absolute atomic E-state index is 0.0682. The van der Waals surface area contributed by atoms with Crippen molar-refractivity contribution in [1.29, 1.82) is 0 Å². The Morgan fingerprint density at radius 2 is 1.03 bits per heavy atom. The van der Waals surface area contributed by atoms with Crippen LogP contribution in [0.25, 0.3) is 71.6 Å². The monoisotopic (exact) mass is 741 g/mol. The van der Waals surface area contributed by atoms with Crippen LogP contribution in [0.1, 0.15) is 47.6 Å². The molecule has 0 amide bonds. The first-order valence-electron chi connectivity index (χ1n) is 20.5. The summed E-state index contributed by atoms with van der Waals surface area (Å²) in [5.41, 5.74) is 18.2. The van der Waals surface area contributed by atoms with E-state index in [1.54, 1.807) is 0 Å². The maximum absolute atomic E-state index is 2.52. The highest BCUT2D eigenvalue weighted by Gasteiger charge is 2.36. The van der Waals surface area contributed by atoms with Gasteiger partial charge in [0.05, 0.1) is 11.0 Å². The van der Waals surface area contributed by atoms with E-state index in [0.717, 1.165) is 6.42 Å². The van der Waals surface area contributed by atoms with Crippen LogP contribution < -0.4 is 0 Å². The molecule has 0 spiro atoms. The molecule has 0 N–H and O–H groups in total. The van der Waals surface area contributed by atoms with Gasteiger partial charge in [0, 0.05) is 27.8 Å². The summed E-state index contributed by atoms with van der Waals surface area (Å²) in [6, 6.07) is 76.6. The summed E-state index contributed by atoms with van der Waals surface area (Å²) in [7, 11) is 0. The molecular weight excluding hydrogens is 699 g/mol. The molecule has 1 atom stereocenters. The van der Waals surface area contributed by atoms with Gasteiger partial charge in [-0.15, -0.1) is 0 Å². The summed E-state index contributed by atoms with van der Waals surface area (Å²) in [6.45, 7) is 4.77. The molecule has 0 saturated carbocycles. The van der Waals surface area contributed by atoms with Crippen molar-refractivity contribution in [2.24, 2.45) is 0 Å². The zero-order chi connectivity index (χ0) is 38.8. The van der Waals surface area contributed by atoms with Crippen LogP contribution in [0.4, 0.5) is 0 Å². The molecular formula is C57H43N. The zero-order valence-electron chi connectivity index (χ0n) is 32.9. The lowest BCUT2D eigenvalue weighted by Crippen LogP contribution is -2.16. The van der Waals surface area contributed by atoms with Crippen molar-refractivity contribution >= 4 is 32.6 Å². The summed E-state index contributed by atoms with van der Waals surface area (Å²) in [5.74, 6) is 0.156. The fourth-order valence-electron chi connectivity index (χ4n) is 9.94. The van der Waals surface area contributed by atoms with Gasteiger partial charge in [-0.05, 0) is 109 Å². The molecule has 1 unspecified atom stereocenters.